The van der Waals surface area contributed by atoms with Crippen molar-refractivity contribution in [1.29, 1.82) is 0 Å². The van der Waals surface area contributed by atoms with Crippen molar-refractivity contribution in [2.24, 2.45) is 16.8 Å². The van der Waals surface area contributed by atoms with Gasteiger partial charge in [-0.05, 0) is 43.6 Å². The Bertz CT molecular complexity index is 463. The summed E-state index contributed by atoms with van der Waals surface area (Å²) in [7, 11) is 0. The molecule has 1 unspecified atom stereocenters. The van der Waals surface area contributed by atoms with Gasteiger partial charge in [-0.25, -0.2) is 0 Å². The molecule has 1 aliphatic rings. The average Bonchev–Trinajstić information content (AvgIpc) is 2.95. The smallest absolute Gasteiger partial charge is 0.189 e. The quantitative estimate of drug-likeness (QED) is 0.307. The van der Waals surface area contributed by atoms with Crippen LogP contribution in [0.4, 0.5) is 0 Å². The van der Waals surface area contributed by atoms with Gasteiger partial charge in [-0.3, -0.25) is 4.98 Å². The molecule has 2 rings (SSSR count). The Morgan fingerprint density at radius 2 is 2.50 bits per heavy atom. The maximum Gasteiger partial charge on any atom is 0.189 e. The molecule has 4 N–H and O–H groups in total. The van der Waals surface area contributed by atoms with Crippen molar-refractivity contribution in [2.75, 3.05) is 26.2 Å². The van der Waals surface area contributed by atoms with Crippen LogP contribution in [-0.4, -0.2) is 47.1 Å². The van der Waals surface area contributed by atoms with Crippen LogP contribution < -0.4 is 11.1 Å². The monoisotopic (exact) mass is 277 g/mol. The summed E-state index contributed by atoms with van der Waals surface area (Å²) in [4.78, 5) is 6.63. The minimum atomic E-state index is 0.0559. The lowest BCUT2D eigenvalue weighted by Crippen LogP contribution is -2.27. The van der Waals surface area contributed by atoms with Crippen molar-refractivity contribution in [3.63, 3.8) is 0 Å². The van der Waals surface area contributed by atoms with E-state index in [1.807, 2.05) is 12.1 Å². The van der Waals surface area contributed by atoms with E-state index in [4.69, 9.17) is 10.9 Å². The second-order valence-electron chi connectivity index (χ2n) is 5.18. The summed E-state index contributed by atoms with van der Waals surface area (Å²) in [5, 5.41) is 15.2. The Balaban J connectivity index is 1.86. The van der Waals surface area contributed by atoms with Crippen LogP contribution in [0.3, 0.4) is 0 Å². The first-order valence-electron chi connectivity index (χ1n) is 7.09. The summed E-state index contributed by atoms with van der Waals surface area (Å²) in [5.74, 6) is 0.763. The molecule has 6 nitrogen and oxygen atoms in total. The van der Waals surface area contributed by atoms with Gasteiger partial charge in [0.25, 0.3) is 0 Å². The highest BCUT2D eigenvalue weighted by Gasteiger charge is 2.20. The molecular formula is C14H23N5O. The topological polar surface area (TPSA) is 86.8 Å². The van der Waals surface area contributed by atoms with E-state index in [9.17, 15) is 0 Å². The molecule has 1 fully saturated rings. The van der Waals surface area contributed by atoms with Gasteiger partial charge in [0, 0.05) is 19.3 Å². The van der Waals surface area contributed by atoms with E-state index in [1.54, 1.807) is 6.20 Å². The second-order valence-corrected chi connectivity index (χ2v) is 5.18. The number of hydrogen-bond acceptors (Lipinski definition) is 5. The van der Waals surface area contributed by atoms with Crippen LogP contribution in [0.1, 0.15) is 24.6 Å². The van der Waals surface area contributed by atoms with Gasteiger partial charge in [0.1, 0.15) is 5.69 Å². The molecule has 6 heteroatoms. The van der Waals surface area contributed by atoms with Crippen molar-refractivity contribution in [1.82, 2.24) is 15.2 Å². The van der Waals surface area contributed by atoms with Crippen molar-refractivity contribution in [3.05, 3.63) is 29.6 Å². The SMILES string of the molecule is CCN1CCC(CNCc2cccnc2C(N)=NO)C1. The highest BCUT2D eigenvalue weighted by molar-refractivity contribution is 5.96. The predicted molar refractivity (Wildman–Crippen MR) is 78.7 cm³/mol. The van der Waals surface area contributed by atoms with E-state index >= 15 is 0 Å². The molecule has 1 aromatic rings. The summed E-state index contributed by atoms with van der Waals surface area (Å²) in [5.41, 5.74) is 7.13. The van der Waals surface area contributed by atoms with Crippen LogP contribution in [-0.2, 0) is 6.54 Å². The Hall–Kier alpha value is -1.66. The van der Waals surface area contributed by atoms with Gasteiger partial charge >= 0.3 is 0 Å². The van der Waals surface area contributed by atoms with Gasteiger partial charge < -0.3 is 21.2 Å². The van der Waals surface area contributed by atoms with Gasteiger partial charge in [0.05, 0.1) is 0 Å². The summed E-state index contributed by atoms with van der Waals surface area (Å²) < 4.78 is 0. The zero-order valence-electron chi connectivity index (χ0n) is 11.9. The number of nitrogens with two attached hydrogens (primary N) is 1. The molecule has 0 aromatic carbocycles. The van der Waals surface area contributed by atoms with E-state index in [2.05, 4.69) is 27.3 Å². The number of pyridine rings is 1. The third-order valence-electron chi connectivity index (χ3n) is 3.81. The molecule has 0 radical (unpaired) electrons. The fourth-order valence-electron chi connectivity index (χ4n) is 2.64. The highest BCUT2D eigenvalue weighted by atomic mass is 16.4. The molecule has 1 aliphatic heterocycles. The van der Waals surface area contributed by atoms with Crippen LogP contribution in [0.2, 0.25) is 0 Å². The lowest BCUT2D eigenvalue weighted by Gasteiger charge is -2.14. The molecule has 0 bridgehead atoms. The lowest BCUT2D eigenvalue weighted by atomic mass is 10.1. The van der Waals surface area contributed by atoms with Crippen LogP contribution in [0.5, 0.6) is 0 Å². The molecule has 0 saturated carbocycles. The minimum absolute atomic E-state index is 0.0559. The zero-order chi connectivity index (χ0) is 14.4. The molecule has 1 aromatic heterocycles. The van der Waals surface area contributed by atoms with Gasteiger partial charge in [0.2, 0.25) is 0 Å². The molecule has 110 valence electrons. The number of nitrogens with one attached hydrogen (secondary N) is 1. The van der Waals surface area contributed by atoms with E-state index in [-0.39, 0.29) is 5.84 Å². The lowest BCUT2D eigenvalue weighted by molar-refractivity contribution is 0.318. The number of hydrogen-bond donors (Lipinski definition) is 3. The zero-order valence-corrected chi connectivity index (χ0v) is 11.9. The van der Waals surface area contributed by atoms with Gasteiger partial charge in [0.15, 0.2) is 5.84 Å². The fraction of sp³-hybridized carbons (Fsp3) is 0.571. The second kappa shape index (κ2) is 7.21. The van der Waals surface area contributed by atoms with E-state index in [0.717, 1.165) is 18.7 Å². The third-order valence-corrected chi connectivity index (χ3v) is 3.81. The number of amidine groups is 1. The number of nitrogens with zero attached hydrogens (tertiary/aromatic N) is 3. The summed E-state index contributed by atoms with van der Waals surface area (Å²) in [6, 6.07) is 3.81. The number of aromatic nitrogens is 1. The number of rotatable bonds is 6. The van der Waals surface area contributed by atoms with Crippen LogP contribution in [0, 0.1) is 5.92 Å². The molecule has 1 saturated heterocycles. The van der Waals surface area contributed by atoms with Gasteiger partial charge in [-0.15, -0.1) is 0 Å². The summed E-state index contributed by atoms with van der Waals surface area (Å²) >= 11 is 0. The van der Waals surface area contributed by atoms with E-state index in [1.165, 1.54) is 19.5 Å². The molecule has 0 aliphatic carbocycles. The Morgan fingerprint density at radius 1 is 1.65 bits per heavy atom. The van der Waals surface area contributed by atoms with Crippen LogP contribution >= 0.6 is 0 Å². The van der Waals surface area contributed by atoms with E-state index < -0.39 is 0 Å². The van der Waals surface area contributed by atoms with E-state index in [0.29, 0.717) is 18.2 Å². The molecular weight excluding hydrogens is 254 g/mol. The molecule has 1 atom stereocenters. The largest absolute Gasteiger partial charge is 0.409 e. The first-order chi connectivity index (χ1) is 9.74. The van der Waals surface area contributed by atoms with Crippen molar-refractivity contribution >= 4 is 5.84 Å². The standard InChI is InChI=1S/C14H23N5O/c1-2-19-7-5-11(10-19)8-16-9-12-4-3-6-17-13(12)14(15)18-20/h3-4,6,11,16,20H,2,5,7-10H2,1H3,(H2,15,18). The summed E-state index contributed by atoms with van der Waals surface area (Å²) in [6.07, 6.45) is 2.90. The van der Waals surface area contributed by atoms with Crippen molar-refractivity contribution in [2.45, 2.75) is 19.9 Å². The molecule has 2 heterocycles. The maximum absolute atomic E-state index is 8.76. The Kier molecular flexibility index (Phi) is 5.31. The average molecular weight is 277 g/mol. The van der Waals surface area contributed by atoms with Gasteiger partial charge in [-0.2, -0.15) is 0 Å². The highest BCUT2D eigenvalue weighted by Crippen LogP contribution is 2.15. The molecule has 20 heavy (non-hydrogen) atoms. The van der Waals surface area contributed by atoms with Crippen LogP contribution in [0.15, 0.2) is 23.5 Å². The normalized spacial score (nSPS) is 20.4. The summed E-state index contributed by atoms with van der Waals surface area (Å²) in [6.45, 7) is 7.37. The first kappa shape index (κ1) is 14.7. The van der Waals surface area contributed by atoms with Crippen molar-refractivity contribution in [3.8, 4) is 0 Å². The third kappa shape index (κ3) is 3.68. The molecule has 0 amide bonds. The fourth-order valence-corrected chi connectivity index (χ4v) is 2.64. The van der Waals surface area contributed by atoms with Gasteiger partial charge in [-0.1, -0.05) is 18.1 Å². The first-order valence-corrected chi connectivity index (χ1v) is 7.09. The minimum Gasteiger partial charge on any atom is -0.409 e. The Labute approximate surface area is 119 Å². The van der Waals surface area contributed by atoms with Crippen molar-refractivity contribution < 1.29 is 5.21 Å². The van der Waals surface area contributed by atoms with Crippen LogP contribution in [0.25, 0.3) is 0 Å². The maximum atomic E-state index is 8.76. The predicted octanol–water partition coefficient (Wildman–Crippen LogP) is 0.608. The number of oxime groups is 1. The number of likely N-dealkylation sites (tertiary alicyclic amines) is 1. The molecule has 0 spiro atoms. The Morgan fingerprint density at radius 3 is 3.20 bits per heavy atom.